The first-order valence-corrected chi connectivity index (χ1v) is 5.41. The third-order valence-corrected chi connectivity index (χ3v) is 3.86. The van der Waals surface area contributed by atoms with Crippen LogP contribution in [0.5, 0.6) is 0 Å². The van der Waals surface area contributed by atoms with Crippen molar-refractivity contribution in [2.24, 2.45) is 23.7 Å². The van der Waals surface area contributed by atoms with E-state index in [9.17, 15) is 0 Å². The molecular formula is C12H16O. The molecule has 0 N–H and O–H groups in total. The minimum atomic E-state index is 0.730. The van der Waals surface area contributed by atoms with E-state index in [1.807, 2.05) is 0 Å². The van der Waals surface area contributed by atoms with Gasteiger partial charge in [-0.25, -0.2) is 0 Å². The standard InChI is InChI=1S/C12H16O/c1-2-13-12-7-8-6-11(12)10-5-3-4-9(8)10/h3,5,7-11H,2,4,6H2,1H3. The first kappa shape index (κ1) is 7.66. The zero-order chi connectivity index (χ0) is 8.84. The molecule has 3 aliphatic carbocycles. The molecule has 3 aliphatic rings. The summed E-state index contributed by atoms with van der Waals surface area (Å²) in [5.74, 6) is 4.59. The van der Waals surface area contributed by atoms with Gasteiger partial charge in [-0.2, -0.15) is 0 Å². The fourth-order valence-electron chi connectivity index (χ4n) is 3.36. The van der Waals surface area contributed by atoms with Crippen LogP contribution in [0.25, 0.3) is 0 Å². The van der Waals surface area contributed by atoms with Crippen molar-refractivity contribution in [2.45, 2.75) is 19.8 Å². The van der Waals surface area contributed by atoms with E-state index in [1.165, 1.54) is 18.6 Å². The maximum Gasteiger partial charge on any atom is 0.0959 e. The molecule has 1 nitrogen and oxygen atoms in total. The Morgan fingerprint density at radius 2 is 2.46 bits per heavy atom. The predicted molar refractivity (Wildman–Crippen MR) is 52.0 cm³/mol. The van der Waals surface area contributed by atoms with Gasteiger partial charge in [0.05, 0.1) is 12.4 Å². The van der Waals surface area contributed by atoms with Crippen molar-refractivity contribution in [3.63, 3.8) is 0 Å². The molecule has 1 saturated carbocycles. The summed E-state index contributed by atoms with van der Waals surface area (Å²) in [6.07, 6.45) is 9.83. The molecule has 0 amide bonds. The lowest BCUT2D eigenvalue weighted by molar-refractivity contribution is 0.176. The predicted octanol–water partition coefficient (Wildman–Crippen LogP) is 2.75. The minimum Gasteiger partial charge on any atom is -0.498 e. The fraction of sp³-hybridized carbons (Fsp3) is 0.667. The first-order chi connectivity index (χ1) is 6.40. The molecule has 0 aliphatic heterocycles. The third kappa shape index (κ3) is 0.932. The lowest BCUT2D eigenvalue weighted by Gasteiger charge is -2.24. The topological polar surface area (TPSA) is 9.23 Å². The van der Waals surface area contributed by atoms with Crippen molar-refractivity contribution >= 4 is 0 Å². The first-order valence-electron chi connectivity index (χ1n) is 5.41. The Bertz CT molecular complexity index is 277. The Morgan fingerprint density at radius 3 is 3.31 bits per heavy atom. The summed E-state index contributed by atoms with van der Waals surface area (Å²) >= 11 is 0. The summed E-state index contributed by atoms with van der Waals surface area (Å²) in [7, 11) is 0. The summed E-state index contributed by atoms with van der Waals surface area (Å²) in [6, 6.07) is 0. The molecule has 0 saturated heterocycles. The average molecular weight is 176 g/mol. The van der Waals surface area contributed by atoms with Gasteiger partial charge in [0.15, 0.2) is 0 Å². The molecule has 3 rings (SSSR count). The van der Waals surface area contributed by atoms with Crippen molar-refractivity contribution in [1.29, 1.82) is 0 Å². The van der Waals surface area contributed by atoms with Crippen molar-refractivity contribution in [2.75, 3.05) is 6.61 Å². The monoisotopic (exact) mass is 176 g/mol. The molecule has 0 radical (unpaired) electrons. The molecule has 1 fully saturated rings. The zero-order valence-electron chi connectivity index (χ0n) is 8.07. The molecule has 0 heterocycles. The fourth-order valence-corrected chi connectivity index (χ4v) is 3.36. The van der Waals surface area contributed by atoms with Crippen molar-refractivity contribution in [3.8, 4) is 0 Å². The summed E-state index contributed by atoms with van der Waals surface area (Å²) in [4.78, 5) is 0. The quantitative estimate of drug-likeness (QED) is 0.588. The van der Waals surface area contributed by atoms with E-state index < -0.39 is 0 Å². The average Bonchev–Trinajstić information content (AvgIpc) is 2.72. The van der Waals surface area contributed by atoms with Crippen LogP contribution >= 0.6 is 0 Å². The Kier molecular flexibility index (Phi) is 1.55. The molecule has 2 bridgehead atoms. The normalized spacial score (nSPS) is 45.2. The van der Waals surface area contributed by atoms with Crippen molar-refractivity contribution in [1.82, 2.24) is 0 Å². The number of hydrogen-bond donors (Lipinski definition) is 0. The maximum atomic E-state index is 5.67. The highest BCUT2D eigenvalue weighted by molar-refractivity contribution is 5.25. The minimum absolute atomic E-state index is 0.730. The summed E-state index contributed by atoms with van der Waals surface area (Å²) in [5, 5.41) is 0. The molecule has 70 valence electrons. The van der Waals surface area contributed by atoms with E-state index in [-0.39, 0.29) is 0 Å². The van der Waals surface area contributed by atoms with Crippen LogP contribution in [-0.2, 0) is 4.74 Å². The van der Waals surface area contributed by atoms with E-state index in [0.717, 1.165) is 30.3 Å². The van der Waals surface area contributed by atoms with Gasteiger partial charge in [-0.05, 0) is 43.6 Å². The SMILES string of the molecule is CCOC1=CC2CC1C1C=CCC21. The number of allylic oxidation sites excluding steroid dienone is 4. The largest absolute Gasteiger partial charge is 0.498 e. The molecule has 1 heteroatoms. The lowest BCUT2D eigenvalue weighted by Crippen LogP contribution is -2.17. The van der Waals surface area contributed by atoms with E-state index >= 15 is 0 Å². The van der Waals surface area contributed by atoms with Gasteiger partial charge >= 0.3 is 0 Å². The van der Waals surface area contributed by atoms with Gasteiger partial charge in [-0.3, -0.25) is 0 Å². The highest BCUT2D eigenvalue weighted by Crippen LogP contribution is 2.55. The van der Waals surface area contributed by atoms with Crippen molar-refractivity contribution in [3.05, 3.63) is 24.0 Å². The Balaban J connectivity index is 1.86. The smallest absolute Gasteiger partial charge is 0.0959 e. The summed E-state index contributed by atoms with van der Waals surface area (Å²) < 4.78 is 5.67. The van der Waals surface area contributed by atoms with Crippen LogP contribution in [0, 0.1) is 23.7 Å². The second-order valence-electron chi connectivity index (χ2n) is 4.41. The molecule has 0 aromatic heterocycles. The van der Waals surface area contributed by atoms with Crippen molar-refractivity contribution < 1.29 is 4.74 Å². The highest BCUT2D eigenvalue weighted by Gasteiger charge is 2.48. The van der Waals surface area contributed by atoms with Gasteiger partial charge in [0.25, 0.3) is 0 Å². The molecule has 0 spiro atoms. The van der Waals surface area contributed by atoms with Gasteiger partial charge < -0.3 is 4.74 Å². The van der Waals surface area contributed by atoms with Crippen LogP contribution in [0.15, 0.2) is 24.0 Å². The van der Waals surface area contributed by atoms with Crippen LogP contribution in [0.4, 0.5) is 0 Å². The maximum absolute atomic E-state index is 5.67. The van der Waals surface area contributed by atoms with Gasteiger partial charge in [0.1, 0.15) is 0 Å². The zero-order valence-corrected chi connectivity index (χ0v) is 8.07. The van der Waals surface area contributed by atoms with E-state index in [0.29, 0.717) is 0 Å². The number of hydrogen-bond acceptors (Lipinski definition) is 1. The molecule has 0 aromatic carbocycles. The van der Waals surface area contributed by atoms with E-state index in [2.05, 4.69) is 25.2 Å². The molecule has 4 atom stereocenters. The summed E-state index contributed by atoms with van der Waals surface area (Å²) in [5.41, 5.74) is 0. The third-order valence-electron chi connectivity index (χ3n) is 3.86. The van der Waals surface area contributed by atoms with Gasteiger partial charge in [0.2, 0.25) is 0 Å². The van der Waals surface area contributed by atoms with E-state index in [1.54, 1.807) is 0 Å². The molecular weight excluding hydrogens is 160 g/mol. The van der Waals surface area contributed by atoms with Crippen LogP contribution in [0.3, 0.4) is 0 Å². The van der Waals surface area contributed by atoms with Crippen LogP contribution in [0.2, 0.25) is 0 Å². The molecule has 13 heavy (non-hydrogen) atoms. The number of rotatable bonds is 2. The number of ether oxygens (including phenoxy) is 1. The van der Waals surface area contributed by atoms with Crippen LogP contribution in [0.1, 0.15) is 19.8 Å². The van der Waals surface area contributed by atoms with Gasteiger partial charge in [-0.15, -0.1) is 0 Å². The molecule has 4 unspecified atom stereocenters. The number of fused-ring (bicyclic) bond motifs is 5. The second kappa shape index (κ2) is 2.63. The second-order valence-corrected chi connectivity index (χ2v) is 4.41. The summed E-state index contributed by atoms with van der Waals surface area (Å²) in [6.45, 7) is 2.91. The van der Waals surface area contributed by atoms with E-state index in [4.69, 9.17) is 4.74 Å². The highest BCUT2D eigenvalue weighted by atomic mass is 16.5. The van der Waals surface area contributed by atoms with Gasteiger partial charge in [0, 0.05) is 5.92 Å². The lowest BCUT2D eigenvalue weighted by atomic mass is 9.85. The van der Waals surface area contributed by atoms with Crippen LogP contribution in [-0.4, -0.2) is 6.61 Å². The van der Waals surface area contributed by atoms with Gasteiger partial charge in [-0.1, -0.05) is 12.2 Å². The Morgan fingerprint density at radius 1 is 1.54 bits per heavy atom. The molecule has 0 aromatic rings. The Hall–Kier alpha value is -0.720. The van der Waals surface area contributed by atoms with Crippen LogP contribution < -0.4 is 0 Å². The Labute approximate surface area is 79.5 Å².